The molecule has 1 unspecified atom stereocenters. The Hall–Kier alpha value is -1.46. The Kier molecular flexibility index (Phi) is 4.50. The van der Waals surface area contributed by atoms with Crippen molar-refractivity contribution in [2.24, 2.45) is 0 Å². The van der Waals surface area contributed by atoms with Crippen molar-refractivity contribution in [3.8, 4) is 0 Å². The van der Waals surface area contributed by atoms with Crippen molar-refractivity contribution in [3.63, 3.8) is 0 Å². The van der Waals surface area contributed by atoms with E-state index in [4.69, 9.17) is 11.6 Å². The van der Waals surface area contributed by atoms with E-state index >= 15 is 0 Å². The van der Waals surface area contributed by atoms with Gasteiger partial charge in [0.2, 0.25) is 0 Å². The molecule has 2 aromatic rings. The van der Waals surface area contributed by atoms with Gasteiger partial charge in [-0.2, -0.15) is 5.10 Å². The van der Waals surface area contributed by atoms with E-state index in [0.29, 0.717) is 10.6 Å². The molecule has 0 aliphatic carbocycles. The largest absolute Gasteiger partial charge is 0.308 e. The van der Waals surface area contributed by atoms with Crippen molar-refractivity contribution in [2.75, 3.05) is 7.05 Å². The summed E-state index contributed by atoms with van der Waals surface area (Å²) in [4.78, 5) is 3.77. The molecule has 0 saturated carbocycles. The summed E-state index contributed by atoms with van der Waals surface area (Å²) in [7, 11) is 1.77. The highest BCUT2D eigenvalue weighted by atomic mass is 35.5. The fourth-order valence-electron chi connectivity index (χ4n) is 2.11. The molecule has 2 heterocycles. The Bertz CT molecular complexity index is 555. The van der Waals surface area contributed by atoms with Crippen LogP contribution in [-0.2, 0) is 6.54 Å². The van der Waals surface area contributed by atoms with E-state index in [-0.39, 0.29) is 11.9 Å². The van der Waals surface area contributed by atoms with Crippen LogP contribution in [0.4, 0.5) is 4.39 Å². The normalized spacial score (nSPS) is 12.6. The molecule has 0 bridgehead atoms. The van der Waals surface area contributed by atoms with Gasteiger partial charge in [0.1, 0.15) is 5.82 Å². The summed E-state index contributed by atoms with van der Waals surface area (Å²) < 4.78 is 15.7. The molecule has 0 aromatic carbocycles. The van der Waals surface area contributed by atoms with Crippen LogP contribution in [0.5, 0.6) is 0 Å². The molecule has 1 atom stereocenters. The summed E-state index contributed by atoms with van der Waals surface area (Å²) in [6.45, 7) is 2.80. The Balaban J connectivity index is 2.48. The first-order chi connectivity index (χ1) is 9.19. The summed E-state index contributed by atoms with van der Waals surface area (Å²) in [5.74, 6) is -0.359. The molecule has 0 radical (unpaired) electrons. The molecule has 19 heavy (non-hydrogen) atoms. The van der Waals surface area contributed by atoms with E-state index in [9.17, 15) is 4.39 Å². The third-order valence-electron chi connectivity index (χ3n) is 2.95. The van der Waals surface area contributed by atoms with Crippen LogP contribution in [0.25, 0.3) is 0 Å². The number of halogens is 2. The highest BCUT2D eigenvalue weighted by molar-refractivity contribution is 6.31. The first-order valence-electron chi connectivity index (χ1n) is 6.16. The van der Waals surface area contributed by atoms with Gasteiger partial charge < -0.3 is 5.32 Å². The fourth-order valence-corrected chi connectivity index (χ4v) is 2.36. The van der Waals surface area contributed by atoms with Crippen LogP contribution in [0.2, 0.25) is 5.02 Å². The van der Waals surface area contributed by atoms with Crippen LogP contribution in [-0.4, -0.2) is 21.8 Å². The van der Waals surface area contributed by atoms with Gasteiger partial charge in [-0.3, -0.25) is 9.67 Å². The summed E-state index contributed by atoms with van der Waals surface area (Å²) in [5, 5.41) is 7.86. The van der Waals surface area contributed by atoms with Gasteiger partial charge >= 0.3 is 0 Å². The lowest BCUT2D eigenvalue weighted by molar-refractivity contribution is 0.514. The van der Waals surface area contributed by atoms with Crippen molar-refractivity contribution in [3.05, 3.63) is 46.8 Å². The van der Waals surface area contributed by atoms with E-state index in [2.05, 4.69) is 22.3 Å². The second kappa shape index (κ2) is 6.12. The molecule has 1 N–H and O–H groups in total. The van der Waals surface area contributed by atoms with Crippen LogP contribution in [0.1, 0.15) is 30.6 Å². The molecular formula is C13H16ClFN4. The monoisotopic (exact) mass is 282 g/mol. The Labute approximate surface area is 116 Å². The summed E-state index contributed by atoms with van der Waals surface area (Å²) >= 11 is 6.20. The van der Waals surface area contributed by atoms with Gasteiger partial charge in [-0.1, -0.05) is 18.5 Å². The minimum absolute atomic E-state index is 0.343. The highest BCUT2D eigenvalue weighted by Gasteiger charge is 2.23. The molecule has 4 nitrogen and oxygen atoms in total. The Morgan fingerprint density at radius 3 is 2.89 bits per heavy atom. The molecule has 0 aliphatic rings. The number of hydrogen-bond acceptors (Lipinski definition) is 3. The van der Waals surface area contributed by atoms with E-state index in [1.54, 1.807) is 25.5 Å². The van der Waals surface area contributed by atoms with E-state index in [0.717, 1.165) is 18.7 Å². The summed E-state index contributed by atoms with van der Waals surface area (Å²) in [6.07, 6.45) is 5.29. The van der Waals surface area contributed by atoms with Gasteiger partial charge in [0, 0.05) is 18.3 Å². The second-order valence-corrected chi connectivity index (χ2v) is 4.63. The van der Waals surface area contributed by atoms with Crippen molar-refractivity contribution in [2.45, 2.75) is 25.9 Å². The number of nitrogens with zero attached hydrogens (tertiary/aromatic N) is 3. The van der Waals surface area contributed by atoms with Gasteiger partial charge in [0.25, 0.3) is 0 Å². The van der Waals surface area contributed by atoms with Crippen molar-refractivity contribution >= 4 is 11.6 Å². The summed E-state index contributed by atoms with van der Waals surface area (Å²) in [5.41, 5.74) is 1.29. The quantitative estimate of drug-likeness (QED) is 0.917. The van der Waals surface area contributed by atoms with E-state index < -0.39 is 0 Å². The maximum absolute atomic E-state index is 13.9. The van der Waals surface area contributed by atoms with Gasteiger partial charge in [-0.05, 0) is 19.5 Å². The van der Waals surface area contributed by atoms with E-state index in [1.807, 2.05) is 4.68 Å². The average molecular weight is 283 g/mol. The van der Waals surface area contributed by atoms with E-state index in [1.165, 1.54) is 6.20 Å². The maximum Gasteiger partial charge on any atom is 0.146 e. The smallest absolute Gasteiger partial charge is 0.146 e. The number of nitrogens with one attached hydrogen (secondary N) is 1. The molecular weight excluding hydrogens is 267 g/mol. The second-order valence-electron chi connectivity index (χ2n) is 4.22. The number of rotatable bonds is 5. The van der Waals surface area contributed by atoms with Gasteiger partial charge in [-0.25, -0.2) is 4.39 Å². The first-order valence-corrected chi connectivity index (χ1v) is 6.54. The van der Waals surface area contributed by atoms with Crippen LogP contribution in [0, 0.1) is 5.82 Å². The summed E-state index contributed by atoms with van der Waals surface area (Å²) in [6, 6.07) is 1.31. The molecule has 102 valence electrons. The van der Waals surface area contributed by atoms with Crippen molar-refractivity contribution in [1.29, 1.82) is 0 Å². The third-order valence-corrected chi connectivity index (χ3v) is 3.24. The van der Waals surface area contributed by atoms with Crippen LogP contribution in [0.3, 0.4) is 0 Å². The van der Waals surface area contributed by atoms with Gasteiger partial charge in [0.05, 0.1) is 29.2 Å². The predicted octanol–water partition coefficient (Wildman–Crippen LogP) is 2.79. The van der Waals surface area contributed by atoms with Crippen molar-refractivity contribution in [1.82, 2.24) is 20.1 Å². The standard InChI is InChI=1S/C13H16ClFN4/c1-3-6-19-13(10(14)7-18-19)12(16-2)9-4-5-17-8-11(9)15/h4-5,7-8,12,16H,3,6H2,1-2H3. The molecule has 0 saturated heterocycles. The lowest BCUT2D eigenvalue weighted by Crippen LogP contribution is -2.23. The molecule has 0 aliphatic heterocycles. The minimum Gasteiger partial charge on any atom is -0.308 e. The SMILES string of the molecule is CCCn1ncc(Cl)c1C(NC)c1ccncc1F. The Morgan fingerprint density at radius 1 is 1.47 bits per heavy atom. The number of aromatic nitrogens is 3. The highest BCUT2D eigenvalue weighted by Crippen LogP contribution is 2.29. The number of hydrogen-bond donors (Lipinski definition) is 1. The molecule has 0 spiro atoms. The topological polar surface area (TPSA) is 42.7 Å². The van der Waals surface area contributed by atoms with Crippen molar-refractivity contribution < 1.29 is 4.39 Å². The predicted molar refractivity (Wildman–Crippen MR) is 72.6 cm³/mol. The van der Waals surface area contributed by atoms with Crippen LogP contribution in [0.15, 0.2) is 24.7 Å². The number of aryl methyl sites for hydroxylation is 1. The molecule has 2 aromatic heterocycles. The zero-order chi connectivity index (χ0) is 13.8. The van der Waals surface area contributed by atoms with Crippen LogP contribution < -0.4 is 5.32 Å². The lowest BCUT2D eigenvalue weighted by atomic mass is 10.0. The fraction of sp³-hybridized carbons (Fsp3) is 0.385. The zero-order valence-corrected chi connectivity index (χ0v) is 11.7. The average Bonchev–Trinajstić information content (AvgIpc) is 2.75. The first kappa shape index (κ1) is 14.0. The lowest BCUT2D eigenvalue weighted by Gasteiger charge is -2.19. The molecule has 2 rings (SSSR count). The van der Waals surface area contributed by atoms with Gasteiger partial charge in [-0.15, -0.1) is 0 Å². The van der Waals surface area contributed by atoms with Gasteiger partial charge in [0.15, 0.2) is 0 Å². The zero-order valence-electron chi connectivity index (χ0n) is 10.9. The van der Waals surface area contributed by atoms with Crippen LogP contribution >= 0.6 is 11.6 Å². The number of pyridine rings is 1. The maximum atomic E-state index is 13.9. The third kappa shape index (κ3) is 2.77. The molecule has 0 fully saturated rings. The molecule has 0 amide bonds. The Morgan fingerprint density at radius 2 is 2.26 bits per heavy atom. The molecule has 6 heteroatoms. The minimum atomic E-state index is -0.359.